The van der Waals surface area contributed by atoms with Crippen LogP contribution in [0.15, 0.2) is 30.3 Å². The average molecular weight is 222 g/mol. The second kappa shape index (κ2) is 6.98. The Morgan fingerprint density at radius 2 is 2.12 bits per heavy atom. The van der Waals surface area contributed by atoms with Crippen LogP contribution in [-0.2, 0) is 16.1 Å². The van der Waals surface area contributed by atoms with E-state index in [4.69, 9.17) is 10.6 Å². The Balaban J connectivity index is 2.29. The Hall–Kier alpha value is -1.39. The van der Waals surface area contributed by atoms with Crippen LogP contribution < -0.4 is 11.3 Å². The Morgan fingerprint density at radius 1 is 1.44 bits per heavy atom. The van der Waals surface area contributed by atoms with Gasteiger partial charge in [0.2, 0.25) is 0 Å². The fourth-order valence-electron chi connectivity index (χ4n) is 1.29. The molecule has 0 bridgehead atoms. The van der Waals surface area contributed by atoms with Crippen molar-refractivity contribution in [1.29, 1.82) is 0 Å². The highest BCUT2D eigenvalue weighted by atomic mass is 16.5. The van der Waals surface area contributed by atoms with Gasteiger partial charge in [-0.2, -0.15) is 0 Å². The number of nitrogens with one attached hydrogen (secondary N) is 1. The third-order valence-corrected chi connectivity index (χ3v) is 2.35. The zero-order chi connectivity index (χ0) is 11.8. The molecule has 1 aromatic carbocycles. The topological polar surface area (TPSA) is 64.3 Å². The first-order chi connectivity index (χ1) is 7.74. The molecule has 0 aliphatic rings. The van der Waals surface area contributed by atoms with Crippen LogP contribution in [0.2, 0.25) is 0 Å². The lowest BCUT2D eigenvalue weighted by atomic mass is 10.1. The van der Waals surface area contributed by atoms with Crippen LogP contribution in [0.3, 0.4) is 0 Å². The maximum absolute atomic E-state index is 11.5. The molecule has 0 aliphatic carbocycles. The van der Waals surface area contributed by atoms with Crippen LogP contribution in [0.1, 0.15) is 18.9 Å². The second-order valence-corrected chi connectivity index (χ2v) is 3.74. The number of esters is 1. The monoisotopic (exact) mass is 222 g/mol. The summed E-state index contributed by atoms with van der Waals surface area (Å²) >= 11 is 0. The summed E-state index contributed by atoms with van der Waals surface area (Å²) in [6.07, 6.45) is 0.685. The number of nitrogens with two attached hydrogens (primary N) is 1. The molecule has 0 aromatic heterocycles. The SMILES string of the molecule is C[C@@H](CCNN)C(=O)OCc1ccccc1. The van der Waals surface area contributed by atoms with Crippen molar-refractivity contribution >= 4 is 5.97 Å². The zero-order valence-corrected chi connectivity index (χ0v) is 9.48. The van der Waals surface area contributed by atoms with Crippen LogP contribution in [-0.4, -0.2) is 12.5 Å². The fourth-order valence-corrected chi connectivity index (χ4v) is 1.29. The molecule has 1 rings (SSSR count). The standard InChI is InChI=1S/C12H18N2O2/c1-10(7-8-14-13)12(15)16-9-11-5-3-2-4-6-11/h2-6,10,14H,7-9,13H2,1H3/t10-/m0/s1. The lowest BCUT2D eigenvalue weighted by Gasteiger charge is -2.10. The molecule has 0 spiro atoms. The molecule has 0 saturated carbocycles. The van der Waals surface area contributed by atoms with Gasteiger partial charge in [0.15, 0.2) is 0 Å². The van der Waals surface area contributed by atoms with E-state index in [1.165, 1.54) is 0 Å². The summed E-state index contributed by atoms with van der Waals surface area (Å²) in [4.78, 5) is 11.5. The molecule has 16 heavy (non-hydrogen) atoms. The summed E-state index contributed by atoms with van der Waals surface area (Å²) in [5.74, 6) is 4.83. The van der Waals surface area contributed by atoms with E-state index in [1.54, 1.807) is 0 Å². The van der Waals surface area contributed by atoms with Crippen LogP contribution in [0, 0.1) is 5.92 Å². The number of ether oxygens (including phenoxy) is 1. The van der Waals surface area contributed by atoms with E-state index in [-0.39, 0.29) is 11.9 Å². The van der Waals surface area contributed by atoms with E-state index in [0.717, 1.165) is 5.56 Å². The van der Waals surface area contributed by atoms with Crippen LogP contribution in [0.5, 0.6) is 0 Å². The number of carbonyl (C=O) groups is 1. The van der Waals surface area contributed by atoms with Crippen LogP contribution >= 0.6 is 0 Å². The Morgan fingerprint density at radius 3 is 2.75 bits per heavy atom. The van der Waals surface area contributed by atoms with Crippen molar-refractivity contribution in [2.45, 2.75) is 20.0 Å². The van der Waals surface area contributed by atoms with Crippen molar-refractivity contribution in [3.8, 4) is 0 Å². The summed E-state index contributed by atoms with van der Waals surface area (Å²) < 4.78 is 5.18. The summed E-state index contributed by atoms with van der Waals surface area (Å²) in [6, 6.07) is 9.63. The minimum Gasteiger partial charge on any atom is -0.461 e. The highest BCUT2D eigenvalue weighted by molar-refractivity contribution is 5.71. The Kier molecular flexibility index (Phi) is 5.53. The molecule has 0 fully saturated rings. The van der Waals surface area contributed by atoms with Crippen molar-refractivity contribution in [3.63, 3.8) is 0 Å². The quantitative estimate of drug-likeness (QED) is 0.431. The molecule has 3 N–H and O–H groups in total. The molecule has 0 saturated heterocycles. The van der Waals surface area contributed by atoms with Gasteiger partial charge in [-0.05, 0) is 12.0 Å². The average Bonchev–Trinajstić information content (AvgIpc) is 2.34. The maximum atomic E-state index is 11.5. The summed E-state index contributed by atoms with van der Waals surface area (Å²) in [5.41, 5.74) is 3.52. The highest BCUT2D eigenvalue weighted by Gasteiger charge is 2.13. The van der Waals surface area contributed by atoms with Gasteiger partial charge in [-0.25, -0.2) is 0 Å². The van der Waals surface area contributed by atoms with E-state index in [9.17, 15) is 4.79 Å². The van der Waals surface area contributed by atoms with Crippen molar-refractivity contribution in [2.24, 2.45) is 11.8 Å². The number of hydrogen-bond donors (Lipinski definition) is 2. The molecule has 1 aromatic rings. The highest BCUT2D eigenvalue weighted by Crippen LogP contribution is 2.07. The number of hydrogen-bond acceptors (Lipinski definition) is 4. The first-order valence-electron chi connectivity index (χ1n) is 5.38. The van der Waals surface area contributed by atoms with Gasteiger partial charge in [0.05, 0.1) is 5.92 Å². The number of rotatable bonds is 6. The summed E-state index contributed by atoms with van der Waals surface area (Å²) in [5, 5.41) is 0. The number of hydrazine groups is 1. The van der Waals surface area contributed by atoms with Gasteiger partial charge in [-0.3, -0.25) is 16.1 Å². The lowest BCUT2D eigenvalue weighted by molar-refractivity contribution is -0.149. The van der Waals surface area contributed by atoms with Crippen molar-refractivity contribution < 1.29 is 9.53 Å². The second-order valence-electron chi connectivity index (χ2n) is 3.74. The van der Waals surface area contributed by atoms with E-state index < -0.39 is 0 Å². The predicted octanol–water partition coefficient (Wildman–Crippen LogP) is 1.22. The molecule has 0 aliphatic heterocycles. The van der Waals surface area contributed by atoms with E-state index >= 15 is 0 Å². The smallest absolute Gasteiger partial charge is 0.309 e. The maximum Gasteiger partial charge on any atom is 0.309 e. The van der Waals surface area contributed by atoms with Gasteiger partial charge >= 0.3 is 5.97 Å². The first kappa shape index (κ1) is 12.7. The molecule has 0 amide bonds. The van der Waals surface area contributed by atoms with Gasteiger partial charge in [-0.15, -0.1) is 0 Å². The number of benzene rings is 1. The normalized spacial score (nSPS) is 12.1. The molecular formula is C12H18N2O2. The molecule has 4 heteroatoms. The third-order valence-electron chi connectivity index (χ3n) is 2.35. The molecule has 1 atom stereocenters. The van der Waals surface area contributed by atoms with Crippen LogP contribution in [0.25, 0.3) is 0 Å². The Labute approximate surface area is 95.8 Å². The Bertz CT molecular complexity index is 314. The largest absolute Gasteiger partial charge is 0.461 e. The van der Waals surface area contributed by atoms with Crippen molar-refractivity contribution in [2.75, 3.05) is 6.54 Å². The van der Waals surface area contributed by atoms with E-state index in [0.29, 0.717) is 19.6 Å². The fraction of sp³-hybridized carbons (Fsp3) is 0.417. The molecule has 88 valence electrons. The van der Waals surface area contributed by atoms with Gasteiger partial charge < -0.3 is 4.74 Å². The van der Waals surface area contributed by atoms with E-state index in [2.05, 4.69) is 5.43 Å². The summed E-state index contributed by atoms with van der Waals surface area (Å²) in [6.45, 7) is 2.78. The minimum atomic E-state index is -0.181. The van der Waals surface area contributed by atoms with E-state index in [1.807, 2.05) is 37.3 Å². The molecule has 0 unspecified atom stereocenters. The number of carbonyl (C=O) groups excluding carboxylic acids is 1. The predicted molar refractivity (Wildman–Crippen MR) is 62.2 cm³/mol. The molecule has 4 nitrogen and oxygen atoms in total. The lowest BCUT2D eigenvalue weighted by Crippen LogP contribution is -2.26. The zero-order valence-electron chi connectivity index (χ0n) is 9.48. The van der Waals surface area contributed by atoms with Gasteiger partial charge in [0, 0.05) is 6.54 Å². The molecule has 0 radical (unpaired) electrons. The molecular weight excluding hydrogens is 204 g/mol. The van der Waals surface area contributed by atoms with Gasteiger partial charge in [0.25, 0.3) is 0 Å². The van der Waals surface area contributed by atoms with Crippen molar-refractivity contribution in [3.05, 3.63) is 35.9 Å². The first-order valence-corrected chi connectivity index (χ1v) is 5.38. The third kappa shape index (κ3) is 4.42. The van der Waals surface area contributed by atoms with Gasteiger partial charge in [-0.1, -0.05) is 37.3 Å². The minimum absolute atomic E-state index is 0.125. The van der Waals surface area contributed by atoms with Crippen LogP contribution in [0.4, 0.5) is 0 Å². The van der Waals surface area contributed by atoms with Gasteiger partial charge in [0.1, 0.15) is 6.61 Å². The molecule has 0 heterocycles. The van der Waals surface area contributed by atoms with Crippen molar-refractivity contribution in [1.82, 2.24) is 5.43 Å². The summed E-state index contributed by atoms with van der Waals surface area (Å²) in [7, 11) is 0.